The van der Waals surface area contributed by atoms with Crippen LogP contribution < -0.4 is 0 Å². The van der Waals surface area contributed by atoms with Crippen molar-refractivity contribution in [3.8, 4) is 0 Å². The minimum absolute atomic E-state index is 0.0234. The largest absolute Gasteiger partial charge is 0.481 e. The third-order valence-electron chi connectivity index (χ3n) is 2.21. The smallest absolute Gasteiger partial charge is 0.305 e. The molecule has 1 atom stereocenters. The third kappa shape index (κ3) is 3.27. The zero-order valence-electron chi connectivity index (χ0n) is 9.46. The predicted octanol–water partition coefficient (Wildman–Crippen LogP) is 0.635. The Kier molecular flexibility index (Phi) is 4.84. The molecule has 7 heteroatoms. The Balaban J connectivity index is 2.82. The fraction of sp³-hybridized carbons (Fsp3) is 0.778. The van der Waals surface area contributed by atoms with Crippen molar-refractivity contribution in [2.45, 2.75) is 38.8 Å². The molecule has 0 aliphatic heterocycles. The number of ether oxygens (including phenoxy) is 1. The van der Waals surface area contributed by atoms with Crippen LogP contribution in [0.4, 0.5) is 0 Å². The van der Waals surface area contributed by atoms with Crippen molar-refractivity contribution in [3.05, 3.63) is 5.82 Å². The van der Waals surface area contributed by atoms with Crippen LogP contribution in [0.15, 0.2) is 0 Å². The molecule has 1 heterocycles. The van der Waals surface area contributed by atoms with Crippen LogP contribution in [0.5, 0.6) is 0 Å². The van der Waals surface area contributed by atoms with E-state index in [2.05, 4.69) is 15.5 Å². The molecule has 1 N–H and O–H groups in total. The molecule has 0 saturated carbocycles. The van der Waals surface area contributed by atoms with Gasteiger partial charge >= 0.3 is 5.97 Å². The van der Waals surface area contributed by atoms with Gasteiger partial charge in [0, 0.05) is 7.11 Å². The van der Waals surface area contributed by atoms with Gasteiger partial charge in [-0.2, -0.15) is 0 Å². The van der Waals surface area contributed by atoms with E-state index in [1.165, 1.54) is 0 Å². The maximum Gasteiger partial charge on any atom is 0.305 e. The van der Waals surface area contributed by atoms with Crippen molar-refractivity contribution in [1.82, 2.24) is 20.2 Å². The van der Waals surface area contributed by atoms with Crippen molar-refractivity contribution >= 4 is 5.97 Å². The first-order chi connectivity index (χ1) is 7.69. The van der Waals surface area contributed by atoms with Crippen LogP contribution in [0.25, 0.3) is 0 Å². The van der Waals surface area contributed by atoms with Crippen LogP contribution in [-0.2, 0) is 16.1 Å². The Morgan fingerprint density at radius 3 is 2.94 bits per heavy atom. The van der Waals surface area contributed by atoms with Crippen LogP contribution in [0, 0.1) is 0 Å². The summed E-state index contributed by atoms with van der Waals surface area (Å²) in [6, 6.07) is -0.206. The second-order valence-corrected chi connectivity index (χ2v) is 3.51. The van der Waals surface area contributed by atoms with Crippen molar-refractivity contribution < 1.29 is 14.6 Å². The summed E-state index contributed by atoms with van der Waals surface area (Å²) in [5, 5.41) is 20.0. The van der Waals surface area contributed by atoms with Crippen LogP contribution in [0.2, 0.25) is 0 Å². The van der Waals surface area contributed by atoms with E-state index in [4.69, 9.17) is 9.84 Å². The summed E-state index contributed by atoms with van der Waals surface area (Å²) in [7, 11) is 1.55. The fourth-order valence-corrected chi connectivity index (χ4v) is 1.57. The van der Waals surface area contributed by atoms with Gasteiger partial charge in [0.25, 0.3) is 0 Å². The number of rotatable bonds is 7. The van der Waals surface area contributed by atoms with Gasteiger partial charge in [0.05, 0.1) is 12.5 Å². The molecule has 0 aromatic carbocycles. The Morgan fingerprint density at radius 1 is 1.62 bits per heavy atom. The maximum absolute atomic E-state index is 10.7. The van der Waals surface area contributed by atoms with Crippen LogP contribution in [0.3, 0.4) is 0 Å². The average molecular weight is 228 g/mol. The number of hydrogen-bond donors (Lipinski definition) is 1. The van der Waals surface area contributed by atoms with E-state index in [1.807, 2.05) is 6.92 Å². The van der Waals surface area contributed by atoms with Crippen molar-refractivity contribution in [2.24, 2.45) is 0 Å². The first kappa shape index (κ1) is 12.6. The molecule has 0 fully saturated rings. The van der Waals surface area contributed by atoms with Gasteiger partial charge in [-0.1, -0.05) is 13.3 Å². The number of hydrogen-bond acceptors (Lipinski definition) is 5. The summed E-state index contributed by atoms with van der Waals surface area (Å²) in [5.41, 5.74) is 0. The molecule has 0 amide bonds. The van der Waals surface area contributed by atoms with Gasteiger partial charge in [-0.15, -0.1) is 5.10 Å². The lowest BCUT2D eigenvalue weighted by molar-refractivity contribution is -0.138. The Morgan fingerprint density at radius 2 is 2.38 bits per heavy atom. The summed E-state index contributed by atoms with van der Waals surface area (Å²) in [5.74, 6) is -0.292. The van der Waals surface area contributed by atoms with Gasteiger partial charge in [-0.25, -0.2) is 4.68 Å². The van der Waals surface area contributed by atoms with Gasteiger partial charge in [-0.05, 0) is 16.8 Å². The molecule has 0 spiro atoms. The van der Waals surface area contributed by atoms with E-state index in [-0.39, 0.29) is 19.1 Å². The summed E-state index contributed by atoms with van der Waals surface area (Å²) >= 11 is 0. The second-order valence-electron chi connectivity index (χ2n) is 3.51. The Labute approximate surface area is 93.4 Å². The van der Waals surface area contributed by atoms with Crippen molar-refractivity contribution in [2.75, 3.05) is 7.11 Å². The summed E-state index contributed by atoms with van der Waals surface area (Å²) in [4.78, 5) is 10.7. The SMILES string of the molecule is CCCC(CC(=O)O)n1nnnc1COC. The minimum Gasteiger partial charge on any atom is -0.481 e. The van der Waals surface area contributed by atoms with Crippen LogP contribution >= 0.6 is 0 Å². The highest BCUT2D eigenvalue weighted by atomic mass is 16.5. The predicted molar refractivity (Wildman–Crippen MR) is 54.7 cm³/mol. The highest BCUT2D eigenvalue weighted by Gasteiger charge is 2.19. The second kappa shape index (κ2) is 6.16. The number of carboxylic acid groups (broad SMARTS) is 1. The van der Waals surface area contributed by atoms with E-state index in [0.29, 0.717) is 5.82 Å². The zero-order chi connectivity index (χ0) is 12.0. The van der Waals surface area contributed by atoms with Crippen molar-refractivity contribution in [3.63, 3.8) is 0 Å². The molecule has 1 aromatic rings. The third-order valence-corrected chi connectivity index (χ3v) is 2.21. The monoisotopic (exact) mass is 228 g/mol. The molecule has 1 aromatic heterocycles. The fourth-order valence-electron chi connectivity index (χ4n) is 1.57. The number of aliphatic carboxylic acids is 1. The summed E-state index contributed by atoms with van der Waals surface area (Å²) in [6.07, 6.45) is 1.63. The van der Waals surface area contributed by atoms with Crippen LogP contribution in [0.1, 0.15) is 38.1 Å². The molecule has 16 heavy (non-hydrogen) atoms. The number of tetrazole rings is 1. The first-order valence-electron chi connectivity index (χ1n) is 5.16. The highest BCUT2D eigenvalue weighted by molar-refractivity contribution is 5.67. The summed E-state index contributed by atoms with van der Waals surface area (Å²) < 4.78 is 6.49. The molecule has 0 aliphatic rings. The quantitative estimate of drug-likeness (QED) is 0.736. The summed E-state index contributed by atoms with van der Waals surface area (Å²) in [6.45, 7) is 2.28. The lowest BCUT2D eigenvalue weighted by atomic mass is 10.1. The number of carbonyl (C=O) groups is 1. The lowest BCUT2D eigenvalue weighted by Gasteiger charge is -2.15. The number of aromatic nitrogens is 4. The molecule has 0 saturated heterocycles. The zero-order valence-corrected chi connectivity index (χ0v) is 9.46. The van der Waals surface area contributed by atoms with E-state index in [9.17, 15) is 4.79 Å². The van der Waals surface area contributed by atoms with Crippen molar-refractivity contribution in [1.29, 1.82) is 0 Å². The Hall–Kier alpha value is -1.50. The highest BCUT2D eigenvalue weighted by Crippen LogP contribution is 2.18. The molecule has 0 radical (unpaired) electrons. The van der Waals surface area contributed by atoms with Crippen LogP contribution in [-0.4, -0.2) is 38.4 Å². The molecule has 90 valence electrons. The molecule has 7 nitrogen and oxygen atoms in total. The van der Waals surface area contributed by atoms with Gasteiger partial charge in [0.2, 0.25) is 0 Å². The van der Waals surface area contributed by atoms with E-state index < -0.39 is 5.97 Å². The van der Waals surface area contributed by atoms with Gasteiger partial charge < -0.3 is 9.84 Å². The van der Waals surface area contributed by atoms with Gasteiger partial charge in [0.15, 0.2) is 5.82 Å². The molecular formula is C9H16N4O3. The molecule has 1 rings (SSSR count). The maximum atomic E-state index is 10.7. The van der Waals surface area contributed by atoms with E-state index >= 15 is 0 Å². The van der Waals surface area contributed by atoms with E-state index in [0.717, 1.165) is 12.8 Å². The molecule has 0 aliphatic carbocycles. The molecule has 0 bridgehead atoms. The molecular weight excluding hydrogens is 212 g/mol. The topological polar surface area (TPSA) is 90.1 Å². The van der Waals surface area contributed by atoms with E-state index in [1.54, 1.807) is 11.8 Å². The standard InChI is InChI=1S/C9H16N4O3/c1-3-4-7(5-9(14)15)13-8(6-16-2)10-11-12-13/h7H,3-6H2,1-2H3,(H,14,15). The number of nitrogens with zero attached hydrogens (tertiary/aromatic N) is 4. The number of methoxy groups -OCH3 is 1. The minimum atomic E-state index is -0.850. The molecule has 1 unspecified atom stereocenters. The normalized spacial score (nSPS) is 12.6. The average Bonchev–Trinajstić information content (AvgIpc) is 2.65. The lowest BCUT2D eigenvalue weighted by Crippen LogP contribution is -2.18. The van der Waals surface area contributed by atoms with Gasteiger partial charge in [0.1, 0.15) is 6.61 Å². The number of carboxylic acids is 1. The Bertz CT molecular complexity index is 339. The van der Waals surface area contributed by atoms with Gasteiger partial charge in [-0.3, -0.25) is 4.79 Å². The first-order valence-corrected chi connectivity index (χ1v) is 5.16.